The molecule has 0 aromatic heterocycles. The standard InChI is InChI=1S/C50H78N2.C28H36N2.2C15H31.2C7H7.Ni.Pd/c1-5-9-13-14-15-16-17-18-19-20-21-22-23-24-25-26-27-28-29-30-40-48-47(39-12-8-4)49(45-37-31-35-43(41-45)33-10-6-2)52(51)50(48)46-38-32-36-44(42-46)34-11-7-3;1-3-5-7-9-13-23-15-11-17-25(21-23)27-19-20-28(30(27)29)26-18-12-16-24(22-26)14-10-8-6-4-2;2*1-3-5-7-9-11-13-15-14-12-10-8-6-4-2;2*1-7-5-3-2-4-6-7;;/h30-32,35-38,40-42H,5-29,33-34,39H2,1-4H3;11-12,15-22H,3-10,13-14H2,1-2H3;2*1,3-15H2,2H3;2*3-6H,1H3;;/q;;4*-1;2*+2. The topological polar surface area (TPSA) is 50.6 Å². The fourth-order valence-corrected chi connectivity index (χ4v) is 17.0. The molecule has 2 heterocycles. The van der Waals surface area contributed by atoms with E-state index < -0.39 is 0 Å². The van der Waals surface area contributed by atoms with Gasteiger partial charge in [-0.3, -0.25) is 0 Å². The van der Waals surface area contributed by atoms with Crippen LogP contribution in [0, 0.1) is 39.8 Å². The van der Waals surface area contributed by atoms with Crippen LogP contribution in [0.5, 0.6) is 0 Å². The minimum atomic E-state index is 0. The molecule has 0 fully saturated rings. The van der Waals surface area contributed by atoms with E-state index in [1.165, 1.54) is 396 Å². The van der Waals surface area contributed by atoms with Gasteiger partial charge in [-0.1, -0.05) is 451 Å². The second-order valence-corrected chi connectivity index (χ2v) is 36.9. The summed E-state index contributed by atoms with van der Waals surface area (Å²) >= 11 is 0. The SMILES string of the molecule is CCCCCCCCCCCCCCCCCCCCC=CC1=C(c2cccc(CCCC)c2)[N+](=[N-])C(c2cccc(CCCC)c2)=C1CCCC.CCCCCCc1cccc(C2=CC=C(c3cccc(CCCCCC)c3)[N+]2=[N-])c1.Cc1cc[c-]cc1.Cc1cc[c-]cc1.[CH2-]CCCCCCCCCCCCCC.[CH2-]CCCCCCCCCCCCCC.[Ni+2].[Pd+2]. The Bertz CT molecular complexity index is 3580. The number of hydrogen-bond acceptors (Lipinski definition) is 0. The first kappa shape index (κ1) is 120. The summed E-state index contributed by atoms with van der Waals surface area (Å²) in [7, 11) is 0. The van der Waals surface area contributed by atoms with Crippen LogP contribution in [0.1, 0.15) is 496 Å². The van der Waals surface area contributed by atoms with Gasteiger partial charge in [0.2, 0.25) is 22.8 Å². The van der Waals surface area contributed by atoms with Crippen molar-refractivity contribution in [3.05, 3.63) is 274 Å². The van der Waals surface area contributed by atoms with Gasteiger partial charge in [0, 0.05) is 40.0 Å². The van der Waals surface area contributed by atoms with Crippen molar-refractivity contribution in [1.29, 1.82) is 0 Å². The molecule has 0 saturated carbocycles. The molecule has 0 bridgehead atoms. The molecule has 6 aromatic carbocycles. The minimum Gasteiger partial charge on any atom is -0.493 e. The summed E-state index contributed by atoms with van der Waals surface area (Å²) in [5.41, 5.74) is 41.5. The Morgan fingerprint density at radius 3 is 0.820 bits per heavy atom. The summed E-state index contributed by atoms with van der Waals surface area (Å²) in [6.45, 7) is 30.0. The van der Waals surface area contributed by atoms with Crippen molar-refractivity contribution >= 4 is 22.8 Å². The van der Waals surface area contributed by atoms with Crippen LogP contribution in [0.4, 0.5) is 0 Å². The number of unbranched alkanes of at least 4 members (excludes halogenated alkanes) is 51. The predicted octanol–water partition coefficient (Wildman–Crippen LogP) is 40.5. The molecule has 718 valence electrons. The van der Waals surface area contributed by atoms with Crippen molar-refractivity contribution in [2.75, 3.05) is 0 Å². The molecule has 0 unspecified atom stereocenters. The van der Waals surface area contributed by atoms with Gasteiger partial charge in [0.1, 0.15) is 0 Å². The second kappa shape index (κ2) is 86.8. The van der Waals surface area contributed by atoms with Gasteiger partial charge in [-0.25, -0.2) is 9.39 Å². The normalized spacial score (nSPS) is 12.1. The first-order valence-electron chi connectivity index (χ1n) is 53.3. The molecule has 6 aromatic rings. The number of aryl methyl sites for hydroxylation is 6. The van der Waals surface area contributed by atoms with E-state index in [1.807, 2.05) is 60.7 Å². The van der Waals surface area contributed by atoms with Gasteiger partial charge in [0.25, 0.3) is 0 Å². The van der Waals surface area contributed by atoms with E-state index in [2.05, 4.69) is 204 Å². The molecule has 0 spiro atoms. The average Bonchev–Trinajstić information content (AvgIpc) is 1.60. The number of rotatable bonds is 67. The largest absolute Gasteiger partial charge is 2.00 e. The van der Waals surface area contributed by atoms with Crippen molar-refractivity contribution in [3.63, 3.8) is 0 Å². The Hall–Kier alpha value is -5.62. The zero-order chi connectivity index (χ0) is 90.9. The minimum absolute atomic E-state index is 0. The van der Waals surface area contributed by atoms with Crippen LogP contribution in [0.3, 0.4) is 0 Å². The molecule has 2 aliphatic heterocycles. The summed E-state index contributed by atoms with van der Waals surface area (Å²) in [6, 6.07) is 56.7. The molecule has 128 heavy (non-hydrogen) atoms. The van der Waals surface area contributed by atoms with Crippen molar-refractivity contribution < 1.29 is 46.3 Å². The van der Waals surface area contributed by atoms with Crippen LogP contribution in [0.2, 0.25) is 0 Å². The zero-order valence-electron chi connectivity index (χ0n) is 84.3. The first-order valence-corrected chi connectivity index (χ1v) is 53.3. The molecule has 0 aliphatic carbocycles. The monoisotopic (exact) mass is 1880 g/mol. The second-order valence-electron chi connectivity index (χ2n) is 36.9. The van der Waals surface area contributed by atoms with Crippen LogP contribution >= 0.6 is 0 Å². The molecular formula is C122H190N4NiPd. The zero-order valence-corrected chi connectivity index (χ0v) is 86.8. The number of hydrogen-bond donors (Lipinski definition) is 0. The van der Waals surface area contributed by atoms with Crippen molar-refractivity contribution in [1.82, 2.24) is 0 Å². The van der Waals surface area contributed by atoms with Crippen LogP contribution < -0.4 is 0 Å². The third-order valence-corrected chi connectivity index (χ3v) is 25.0. The van der Waals surface area contributed by atoms with Gasteiger partial charge in [-0.05, 0) is 148 Å². The Labute approximate surface area is 816 Å². The maximum atomic E-state index is 12.1. The van der Waals surface area contributed by atoms with Gasteiger partial charge in [-0.15, -0.1) is 0 Å². The van der Waals surface area contributed by atoms with Gasteiger partial charge < -0.3 is 24.9 Å². The van der Waals surface area contributed by atoms with Crippen LogP contribution in [0.25, 0.3) is 33.9 Å². The summed E-state index contributed by atoms with van der Waals surface area (Å²) < 4.78 is 2.89. The summed E-state index contributed by atoms with van der Waals surface area (Å²) in [4.78, 5) is 0. The Balaban J connectivity index is 0.000000896. The van der Waals surface area contributed by atoms with Crippen LogP contribution in [-0.2, 0) is 62.6 Å². The summed E-state index contributed by atoms with van der Waals surface area (Å²) in [5, 5.41) is 0. The molecule has 4 nitrogen and oxygen atoms in total. The molecule has 0 amide bonds. The van der Waals surface area contributed by atoms with Crippen LogP contribution in [-0.4, -0.2) is 9.39 Å². The molecule has 0 atom stereocenters. The van der Waals surface area contributed by atoms with Gasteiger partial charge in [0.05, 0.1) is 5.57 Å². The van der Waals surface area contributed by atoms with E-state index in [9.17, 15) is 11.1 Å². The van der Waals surface area contributed by atoms with Gasteiger partial charge in [0.15, 0.2) is 0 Å². The van der Waals surface area contributed by atoms with E-state index in [0.29, 0.717) is 0 Å². The first-order chi connectivity index (χ1) is 62.0. The molecule has 0 radical (unpaired) electrons. The fourth-order valence-electron chi connectivity index (χ4n) is 17.0. The molecule has 0 saturated heterocycles. The van der Waals surface area contributed by atoms with E-state index in [-0.39, 0.29) is 36.9 Å². The van der Waals surface area contributed by atoms with Crippen molar-refractivity contribution in [2.24, 2.45) is 0 Å². The Morgan fingerprint density at radius 1 is 0.281 bits per heavy atom. The summed E-state index contributed by atoms with van der Waals surface area (Å²) in [5.74, 6) is 0. The molecule has 8 rings (SSSR count). The Kier molecular flexibility index (Phi) is 81.6. The molecular weight excluding hydrogens is 1690 g/mol. The van der Waals surface area contributed by atoms with E-state index in [4.69, 9.17) is 0 Å². The third-order valence-electron chi connectivity index (χ3n) is 25.0. The summed E-state index contributed by atoms with van der Waals surface area (Å²) in [6.07, 6.45) is 94.5. The van der Waals surface area contributed by atoms with E-state index >= 15 is 0 Å². The third kappa shape index (κ3) is 59.8. The number of benzene rings is 6. The average molecular weight is 1880 g/mol. The molecule has 0 N–H and O–H groups in total. The smallest absolute Gasteiger partial charge is 0.493 e. The van der Waals surface area contributed by atoms with Crippen molar-refractivity contribution in [3.8, 4) is 0 Å². The van der Waals surface area contributed by atoms with Gasteiger partial charge in [-0.2, -0.15) is 84.6 Å². The predicted molar refractivity (Wildman–Crippen MR) is 560 cm³/mol. The van der Waals surface area contributed by atoms with E-state index in [0.717, 1.165) is 109 Å². The molecule has 6 heteroatoms. The number of nitrogens with zero attached hydrogens (tertiary/aromatic N) is 4. The maximum absolute atomic E-state index is 12.1. The Morgan fingerprint density at radius 2 is 0.531 bits per heavy atom. The molecule has 2 aliphatic rings. The fraction of sp³-hybridized carbons (Fsp3) is 0.607. The van der Waals surface area contributed by atoms with Crippen LogP contribution in [0.15, 0.2) is 181 Å². The van der Waals surface area contributed by atoms with Crippen molar-refractivity contribution in [2.45, 2.75) is 480 Å². The maximum Gasteiger partial charge on any atom is 2.00 e. The van der Waals surface area contributed by atoms with Gasteiger partial charge >= 0.3 is 36.9 Å². The quantitative estimate of drug-likeness (QED) is 0.0158. The van der Waals surface area contributed by atoms with E-state index in [1.54, 1.807) is 4.70 Å². The number of allylic oxidation sites excluding steroid dienone is 6.